The number of likely N-dealkylation sites (tertiary alicyclic amines) is 1. The van der Waals surface area contributed by atoms with Gasteiger partial charge in [-0.25, -0.2) is 18.0 Å². The molecule has 3 aromatic rings. The molecule has 0 aromatic heterocycles. The fourth-order valence-electron chi connectivity index (χ4n) is 4.83. The number of amides is 2. The minimum Gasteiger partial charge on any atom is -0.459 e. The van der Waals surface area contributed by atoms with Crippen molar-refractivity contribution < 1.29 is 32.3 Å². The first kappa shape index (κ1) is 31.7. The molecule has 0 spiro atoms. The van der Waals surface area contributed by atoms with Gasteiger partial charge in [-0.05, 0) is 55.4 Å². The Kier molecular flexibility index (Phi) is 11.7. The third-order valence-electron chi connectivity index (χ3n) is 7.08. The summed E-state index contributed by atoms with van der Waals surface area (Å²) in [5, 5.41) is 2.68. The number of nitrogens with one attached hydrogen (secondary N) is 2. The standard InChI is InChI=1S/C32H37N3O7S/c36-30(35-22-12-20-29(35)31(37)41-23-25-13-4-1-5-14-25)28(34-43(39,40)27-17-8-3-9-18-27)19-10-11-21-33-32(38)42-24-26-15-6-2-7-16-26/h1-9,13-18,28-29,34H,10-12,19-24H2,(H,33,38)/t28-,29-/m0/s1. The molecule has 2 atom stereocenters. The number of alkyl carbamates (subject to hydrolysis) is 1. The van der Waals surface area contributed by atoms with E-state index in [1.807, 2.05) is 60.7 Å². The maximum absolute atomic E-state index is 13.7. The molecule has 2 amide bonds. The van der Waals surface area contributed by atoms with Crippen molar-refractivity contribution in [3.05, 3.63) is 102 Å². The highest BCUT2D eigenvalue weighted by Gasteiger charge is 2.39. The summed E-state index contributed by atoms with van der Waals surface area (Å²) in [7, 11) is -4.01. The number of sulfonamides is 1. The lowest BCUT2D eigenvalue weighted by atomic mass is 10.1. The summed E-state index contributed by atoms with van der Waals surface area (Å²) in [5.74, 6) is -0.994. The van der Waals surface area contributed by atoms with Crippen LogP contribution in [0.2, 0.25) is 0 Å². The number of carbonyl (C=O) groups is 3. The van der Waals surface area contributed by atoms with Crippen LogP contribution < -0.4 is 10.0 Å². The van der Waals surface area contributed by atoms with E-state index in [-0.39, 0.29) is 31.1 Å². The van der Waals surface area contributed by atoms with E-state index < -0.39 is 40.1 Å². The Morgan fingerprint density at radius 2 is 1.40 bits per heavy atom. The van der Waals surface area contributed by atoms with Crippen molar-refractivity contribution in [2.45, 2.75) is 62.3 Å². The number of hydrogen-bond donors (Lipinski definition) is 2. The second-order valence-electron chi connectivity index (χ2n) is 10.3. The van der Waals surface area contributed by atoms with E-state index in [4.69, 9.17) is 9.47 Å². The van der Waals surface area contributed by atoms with Crippen LogP contribution in [0, 0.1) is 0 Å². The molecule has 11 heteroatoms. The average Bonchev–Trinajstić information content (AvgIpc) is 3.53. The highest BCUT2D eigenvalue weighted by molar-refractivity contribution is 7.89. The van der Waals surface area contributed by atoms with Crippen LogP contribution in [0.1, 0.15) is 43.2 Å². The molecule has 0 radical (unpaired) electrons. The molecule has 1 aliphatic rings. The van der Waals surface area contributed by atoms with Crippen LogP contribution in [0.5, 0.6) is 0 Å². The largest absolute Gasteiger partial charge is 0.459 e. The first-order valence-corrected chi connectivity index (χ1v) is 15.8. The fraction of sp³-hybridized carbons (Fsp3) is 0.344. The highest BCUT2D eigenvalue weighted by atomic mass is 32.2. The molecule has 1 aliphatic heterocycles. The number of hydrogen-bond acceptors (Lipinski definition) is 7. The van der Waals surface area contributed by atoms with E-state index in [0.29, 0.717) is 32.2 Å². The number of carbonyl (C=O) groups excluding carboxylic acids is 3. The molecule has 0 bridgehead atoms. The summed E-state index contributed by atoms with van der Waals surface area (Å²) in [6.07, 6.45) is 1.57. The van der Waals surface area contributed by atoms with E-state index in [2.05, 4.69) is 10.0 Å². The molecule has 10 nitrogen and oxygen atoms in total. The topological polar surface area (TPSA) is 131 Å². The third-order valence-corrected chi connectivity index (χ3v) is 8.57. The van der Waals surface area contributed by atoms with Crippen molar-refractivity contribution >= 4 is 28.0 Å². The lowest BCUT2D eigenvalue weighted by Crippen LogP contribution is -2.51. The van der Waals surface area contributed by atoms with Gasteiger partial charge in [0, 0.05) is 13.1 Å². The highest BCUT2D eigenvalue weighted by Crippen LogP contribution is 2.22. The quantitative estimate of drug-likeness (QED) is 0.208. The van der Waals surface area contributed by atoms with Gasteiger partial charge in [-0.3, -0.25) is 4.79 Å². The number of unbranched alkanes of at least 4 members (excludes halogenated alkanes) is 1. The molecule has 0 aliphatic carbocycles. The molecule has 3 aromatic carbocycles. The monoisotopic (exact) mass is 607 g/mol. The van der Waals surface area contributed by atoms with Gasteiger partial charge in [-0.1, -0.05) is 78.9 Å². The van der Waals surface area contributed by atoms with Crippen LogP contribution in [-0.2, 0) is 42.3 Å². The number of ether oxygens (including phenoxy) is 2. The van der Waals surface area contributed by atoms with Crippen molar-refractivity contribution in [3.8, 4) is 0 Å². The smallest absolute Gasteiger partial charge is 0.407 e. The van der Waals surface area contributed by atoms with Gasteiger partial charge in [-0.15, -0.1) is 0 Å². The van der Waals surface area contributed by atoms with Crippen molar-refractivity contribution in [1.82, 2.24) is 14.9 Å². The van der Waals surface area contributed by atoms with Crippen LogP contribution >= 0.6 is 0 Å². The first-order valence-electron chi connectivity index (χ1n) is 14.4. The molecule has 1 heterocycles. The fourth-order valence-corrected chi connectivity index (χ4v) is 6.07. The molecular weight excluding hydrogens is 570 g/mol. The number of nitrogens with zero attached hydrogens (tertiary/aromatic N) is 1. The van der Waals surface area contributed by atoms with Gasteiger partial charge in [0.15, 0.2) is 0 Å². The SMILES string of the molecule is O=C(NCCCC[C@H](NS(=O)(=O)c1ccccc1)C(=O)N1CCC[C@H]1C(=O)OCc1ccccc1)OCc1ccccc1. The van der Waals surface area contributed by atoms with Crippen molar-refractivity contribution in [2.24, 2.45) is 0 Å². The Bertz CT molecular complexity index is 1440. The Hall–Kier alpha value is -4.22. The Labute approximate surface area is 252 Å². The van der Waals surface area contributed by atoms with Crippen LogP contribution in [0.25, 0.3) is 0 Å². The number of esters is 1. The number of benzene rings is 3. The van der Waals surface area contributed by atoms with E-state index in [0.717, 1.165) is 11.1 Å². The van der Waals surface area contributed by atoms with E-state index in [1.54, 1.807) is 18.2 Å². The molecule has 228 valence electrons. The first-order chi connectivity index (χ1) is 20.8. The van der Waals surface area contributed by atoms with Crippen molar-refractivity contribution in [2.75, 3.05) is 13.1 Å². The molecule has 1 saturated heterocycles. The average molecular weight is 608 g/mol. The van der Waals surface area contributed by atoms with Gasteiger partial charge >= 0.3 is 12.1 Å². The zero-order valence-electron chi connectivity index (χ0n) is 23.9. The zero-order valence-corrected chi connectivity index (χ0v) is 24.7. The predicted molar refractivity (Wildman–Crippen MR) is 160 cm³/mol. The molecule has 4 rings (SSSR count). The predicted octanol–water partition coefficient (Wildman–Crippen LogP) is 4.16. The lowest BCUT2D eigenvalue weighted by molar-refractivity contribution is -0.155. The van der Waals surface area contributed by atoms with Gasteiger partial charge in [0.1, 0.15) is 25.3 Å². The number of rotatable bonds is 14. The van der Waals surface area contributed by atoms with E-state index in [1.165, 1.54) is 17.0 Å². The Balaban J connectivity index is 1.34. The maximum Gasteiger partial charge on any atom is 0.407 e. The minimum atomic E-state index is -4.01. The van der Waals surface area contributed by atoms with Gasteiger partial charge in [0.2, 0.25) is 15.9 Å². The summed E-state index contributed by atoms with van der Waals surface area (Å²) in [4.78, 5) is 40.2. The molecular formula is C32H37N3O7S. The summed E-state index contributed by atoms with van der Waals surface area (Å²) in [5.41, 5.74) is 1.70. The van der Waals surface area contributed by atoms with E-state index >= 15 is 0 Å². The van der Waals surface area contributed by atoms with Crippen LogP contribution in [0.3, 0.4) is 0 Å². The van der Waals surface area contributed by atoms with Gasteiger partial charge in [0.05, 0.1) is 4.90 Å². The molecule has 0 saturated carbocycles. The normalized spacial score (nSPS) is 15.4. The second-order valence-corrected chi connectivity index (χ2v) is 12.0. The van der Waals surface area contributed by atoms with Crippen LogP contribution in [0.4, 0.5) is 4.79 Å². The van der Waals surface area contributed by atoms with Crippen molar-refractivity contribution in [3.63, 3.8) is 0 Å². The Morgan fingerprint density at radius 1 is 0.814 bits per heavy atom. The maximum atomic E-state index is 13.7. The van der Waals surface area contributed by atoms with Gasteiger partial charge < -0.3 is 19.7 Å². The molecule has 0 unspecified atom stereocenters. The Morgan fingerprint density at radius 3 is 2.02 bits per heavy atom. The molecule has 2 N–H and O–H groups in total. The molecule has 43 heavy (non-hydrogen) atoms. The van der Waals surface area contributed by atoms with Crippen molar-refractivity contribution in [1.29, 1.82) is 0 Å². The summed E-state index contributed by atoms with van der Waals surface area (Å²) in [6, 6.07) is 24.5. The summed E-state index contributed by atoms with van der Waals surface area (Å²) < 4.78 is 39.6. The van der Waals surface area contributed by atoms with Gasteiger partial charge in [-0.2, -0.15) is 4.72 Å². The third kappa shape index (κ3) is 9.65. The molecule has 1 fully saturated rings. The van der Waals surface area contributed by atoms with Crippen LogP contribution in [-0.4, -0.2) is 56.5 Å². The van der Waals surface area contributed by atoms with E-state index in [9.17, 15) is 22.8 Å². The summed E-state index contributed by atoms with van der Waals surface area (Å²) in [6.45, 7) is 0.846. The lowest BCUT2D eigenvalue weighted by Gasteiger charge is -2.28. The minimum absolute atomic E-state index is 0.0378. The summed E-state index contributed by atoms with van der Waals surface area (Å²) >= 11 is 0. The van der Waals surface area contributed by atoms with Gasteiger partial charge in [0.25, 0.3) is 0 Å². The van der Waals surface area contributed by atoms with Crippen LogP contribution in [0.15, 0.2) is 95.9 Å². The second kappa shape index (κ2) is 15.9. The zero-order chi connectivity index (χ0) is 30.5.